The molecule has 62 valence electrons. The lowest BCUT2D eigenvalue weighted by Crippen LogP contribution is -2.24. The first kappa shape index (κ1) is 12.4. The first-order valence-corrected chi connectivity index (χ1v) is 3.80. The van der Waals surface area contributed by atoms with Gasteiger partial charge in [0.25, 0.3) is 0 Å². The maximum Gasteiger partial charge on any atom is 0.344 e. The van der Waals surface area contributed by atoms with E-state index in [0.29, 0.717) is 0 Å². The molecule has 3 heteroatoms. The van der Waals surface area contributed by atoms with Crippen molar-refractivity contribution >= 4 is 16.9 Å². The highest BCUT2D eigenvalue weighted by atomic mass is 35.5. The summed E-state index contributed by atoms with van der Waals surface area (Å²) in [5.74, 6) is 0. The van der Waals surface area contributed by atoms with E-state index in [-0.39, 0.29) is 0 Å². The molecule has 0 spiro atoms. The minimum absolute atomic E-state index is 0.741. The van der Waals surface area contributed by atoms with Gasteiger partial charge in [-0.15, -0.1) is 0 Å². The van der Waals surface area contributed by atoms with Crippen LogP contribution in [-0.4, -0.2) is 43.0 Å². The molecule has 0 aromatic heterocycles. The minimum atomic E-state index is 0.741. The van der Waals surface area contributed by atoms with Crippen molar-refractivity contribution in [2.24, 2.45) is 0 Å². The molecule has 0 aromatic carbocycles. The second-order valence-corrected chi connectivity index (χ2v) is 2.40. The maximum absolute atomic E-state index is 5.72. The van der Waals surface area contributed by atoms with E-state index in [1.165, 1.54) is 0 Å². The summed E-state index contributed by atoms with van der Waals surface area (Å²) in [6, 6.07) is 0. The Bertz CT molecular complexity index is 104. The van der Waals surface area contributed by atoms with Gasteiger partial charge >= 0.3 is 5.29 Å². The average Bonchev–Trinajstić information content (AvgIpc) is 1.90. The van der Waals surface area contributed by atoms with Crippen molar-refractivity contribution in [3.05, 3.63) is 0 Å². The fraction of sp³-hybridized carbons (Fsp3) is 0.857. The summed E-state index contributed by atoms with van der Waals surface area (Å²) in [6.07, 6.45) is 0. The minimum Gasteiger partial charge on any atom is -0.257 e. The topological polar surface area (TPSA) is 6.25 Å². The Labute approximate surface area is 69.1 Å². The van der Waals surface area contributed by atoms with Crippen LogP contribution in [0.4, 0.5) is 0 Å². The fourth-order valence-corrected chi connectivity index (χ4v) is 0.400. The van der Waals surface area contributed by atoms with E-state index in [2.05, 4.69) is 0 Å². The summed E-state index contributed by atoms with van der Waals surface area (Å²) < 4.78 is 1.85. The van der Waals surface area contributed by atoms with Gasteiger partial charge in [-0.25, -0.2) is 0 Å². The van der Waals surface area contributed by atoms with Gasteiger partial charge in [0.15, 0.2) is 0 Å². The molecule has 0 amide bonds. The Hall–Kier alpha value is -0.240. The number of nitrogens with zero attached hydrogens (tertiary/aromatic N) is 2. The highest BCUT2D eigenvalue weighted by Gasteiger charge is 2.03. The summed E-state index contributed by atoms with van der Waals surface area (Å²) >= 11 is 5.72. The molecule has 0 aliphatic rings. The molecule has 0 atom stereocenters. The third-order valence-electron chi connectivity index (χ3n) is 0.738. The standard InChI is InChI=1S/C5H12ClN2.C2H6/c1-7(2)5(6)8(3)4;1-2/h1-4H3;1-2H3/q+1;. The SMILES string of the molecule is CC.CN(C)C(Cl)=[N+](C)C. The van der Waals surface area contributed by atoms with Gasteiger partial charge in [-0.1, -0.05) is 13.8 Å². The van der Waals surface area contributed by atoms with Gasteiger partial charge in [0.2, 0.25) is 0 Å². The molecule has 0 aliphatic heterocycles. The molecule has 0 aliphatic carbocycles. The van der Waals surface area contributed by atoms with Crippen LogP contribution in [-0.2, 0) is 0 Å². The second kappa shape index (κ2) is 6.87. The highest BCUT2D eigenvalue weighted by molar-refractivity contribution is 6.62. The molecule has 0 unspecified atom stereocenters. The van der Waals surface area contributed by atoms with Crippen LogP contribution in [0.5, 0.6) is 0 Å². The Balaban J connectivity index is 0. The molecule has 0 N–H and O–H groups in total. The van der Waals surface area contributed by atoms with Crippen LogP contribution in [0, 0.1) is 0 Å². The van der Waals surface area contributed by atoms with Crippen LogP contribution in [0.2, 0.25) is 0 Å². The summed E-state index contributed by atoms with van der Waals surface area (Å²) in [5.41, 5.74) is 0. The molecule has 0 rings (SSSR count). The molecule has 0 saturated carbocycles. The van der Waals surface area contributed by atoms with Crippen molar-refractivity contribution in [1.29, 1.82) is 0 Å². The number of halogens is 1. The van der Waals surface area contributed by atoms with E-state index in [1.807, 2.05) is 51.5 Å². The van der Waals surface area contributed by atoms with Gasteiger partial charge in [-0.2, -0.15) is 0 Å². The van der Waals surface area contributed by atoms with Gasteiger partial charge in [0.05, 0.1) is 28.2 Å². The predicted octanol–water partition coefficient (Wildman–Crippen LogP) is 1.44. The van der Waals surface area contributed by atoms with Crippen molar-refractivity contribution in [3.8, 4) is 0 Å². The van der Waals surface area contributed by atoms with E-state index < -0.39 is 0 Å². The van der Waals surface area contributed by atoms with Crippen LogP contribution >= 0.6 is 11.6 Å². The first-order chi connectivity index (χ1) is 4.55. The Morgan fingerprint density at radius 2 is 1.50 bits per heavy atom. The molecular formula is C7H18ClN2+. The van der Waals surface area contributed by atoms with Gasteiger partial charge in [-0.05, 0) is 0 Å². The predicted molar refractivity (Wildman–Crippen MR) is 48.0 cm³/mol. The van der Waals surface area contributed by atoms with Crippen molar-refractivity contribution in [3.63, 3.8) is 0 Å². The zero-order valence-electron chi connectivity index (χ0n) is 7.77. The first-order valence-electron chi connectivity index (χ1n) is 3.43. The monoisotopic (exact) mass is 165 g/mol. The normalized spacial score (nSPS) is 7.50. The Morgan fingerprint density at radius 3 is 1.50 bits per heavy atom. The molecule has 0 heterocycles. The molecule has 0 radical (unpaired) electrons. The highest BCUT2D eigenvalue weighted by Crippen LogP contribution is 1.85. The van der Waals surface area contributed by atoms with Crippen molar-refractivity contribution in [2.75, 3.05) is 28.2 Å². The van der Waals surface area contributed by atoms with Crippen LogP contribution in [0.15, 0.2) is 0 Å². The number of amidine groups is 1. The summed E-state index contributed by atoms with van der Waals surface area (Å²) in [5, 5.41) is 0.741. The number of rotatable bonds is 0. The largest absolute Gasteiger partial charge is 0.344 e. The fourth-order valence-electron chi connectivity index (χ4n) is 0.400. The number of hydrogen-bond donors (Lipinski definition) is 0. The quantitative estimate of drug-likeness (QED) is 0.228. The van der Waals surface area contributed by atoms with Crippen molar-refractivity contribution < 1.29 is 4.58 Å². The van der Waals surface area contributed by atoms with E-state index in [1.54, 1.807) is 0 Å². The van der Waals surface area contributed by atoms with E-state index in [4.69, 9.17) is 11.6 Å². The molecule has 0 aromatic rings. The lowest BCUT2D eigenvalue weighted by atomic mass is 10.9. The second-order valence-electron chi connectivity index (χ2n) is 2.06. The maximum atomic E-state index is 5.72. The summed E-state index contributed by atoms with van der Waals surface area (Å²) in [4.78, 5) is 1.85. The third-order valence-corrected chi connectivity index (χ3v) is 1.41. The van der Waals surface area contributed by atoms with Gasteiger partial charge in [0.1, 0.15) is 0 Å². The van der Waals surface area contributed by atoms with Crippen LogP contribution < -0.4 is 0 Å². The van der Waals surface area contributed by atoms with E-state index in [9.17, 15) is 0 Å². The molecular weight excluding hydrogens is 148 g/mol. The lowest BCUT2D eigenvalue weighted by Gasteiger charge is -2.02. The zero-order valence-corrected chi connectivity index (χ0v) is 8.53. The molecule has 10 heavy (non-hydrogen) atoms. The lowest BCUT2D eigenvalue weighted by molar-refractivity contribution is -0.466. The summed E-state index contributed by atoms with van der Waals surface area (Å²) in [7, 11) is 7.62. The number of hydrogen-bond acceptors (Lipinski definition) is 0. The smallest absolute Gasteiger partial charge is 0.257 e. The molecule has 0 bridgehead atoms. The molecule has 0 fully saturated rings. The van der Waals surface area contributed by atoms with Crippen LogP contribution in [0.25, 0.3) is 0 Å². The molecule has 2 nitrogen and oxygen atoms in total. The third kappa shape index (κ3) is 5.89. The molecule has 0 saturated heterocycles. The average molecular weight is 166 g/mol. The van der Waals surface area contributed by atoms with Crippen molar-refractivity contribution in [2.45, 2.75) is 13.8 Å². The van der Waals surface area contributed by atoms with Gasteiger partial charge in [0, 0.05) is 11.6 Å². The Kier molecular flexibility index (Phi) is 8.55. The Morgan fingerprint density at radius 1 is 1.20 bits per heavy atom. The van der Waals surface area contributed by atoms with Crippen molar-refractivity contribution in [1.82, 2.24) is 4.90 Å². The zero-order chi connectivity index (χ0) is 8.73. The van der Waals surface area contributed by atoms with E-state index in [0.717, 1.165) is 5.29 Å². The van der Waals surface area contributed by atoms with Gasteiger partial charge in [-0.3, -0.25) is 9.48 Å². The summed E-state index contributed by atoms with van der Waals surface area (Å²) in [6.45, 7) is 4.00. The van der Waals surface area contributed by atoms with Crippen LogP contribution in [0.1, 0.15) is 13.8 Å². The van der Waals surface area contributed by atoms with Gasteiger partial charge < -0.3 is 0 Å². The van der Waals surface area contributed by atoms with Crippen LogP contribution in [0.3, 0.4) is 0 Å². The van der Waals surface area contributed by atoms with E-state index >= 15 is 0 Å².